The molecule has 0 saturated carbocycles. The molecule has 0 unspecified atom stereocenters. The van der Waals surface area contributed by atoms with Gasteiger partial charge in [-0.3, -0.25) is 14.9 Å². The Kier molecular flexibility index (Phi) is 4.33. The zero-order valence-corrected chi connectivity index (χ0v) is 12.7. The molecular formula is C14H11IN2O3. The lowest BCUT2D eigenvalue weighted by Crippen LogP contribution is -2.13. The fourth-order valence-electron chi connectivity index (χ4n) is 1.72. The largest absolute Gasteiger partial charge is 0.322 e. The lowest BCUT2D eigenvalue weighted by atomic mass is 10.1. The molecule has 1 N–H and O–H groups in total. The molecule has 2 aromatic carbocycles. The van der Waals surface area contributed by atoms with Gasteiger partial charge < -0.3 is 5.32 Å². The molecule has 1 amide bonds. The van der Waals surface area contributed by atoms with E-state index in [-0.39, 0.29) is 17.2 Å². The summed E-state index contributed by atoms with van der Waals surface area (Å²) in [6, 6.07) is 11.3. The van der Waals surface area contributed by atoms with Crippen molar-refractivity contribution in [2.75, 3.05) is 5.32 Å². The van der Waals surface area contributed by atoms with Crippen LogP contribution in [0.15, 0.2) is 42.5 Å². The van der Waals surface area contributed by atoms with E-state index in [0.717, 1.165) is 9.13 Å². The van der Waals surface area contributed by atoms with Gasteiger partial charge in [0, 0.05) is 27.0 Å². The molecule has 0 saturated heterocycles. The molecule has 20 heavy (non-hydrogen) atoms. The minimum Gasteiger partial charge on any atom is -0.322 e. The summed E-state index contributed by atoms with van der Waals surface area (Å²) in [5.74, 6) is -0.363. The number of carbonyl (C=O) groups excluding carboxylic acids is 1. The Hall–Kier alpha value is -1.96. The van der Waals surface area contributed by atoms with Gasteiger partial charge in [-0.25, -0.2) is 0 Å². The second kappa shape index (κ2) is 6.00. The van der Waals surface area contributed by atoms with Crippen LogP contribution in [-0.4, -0.2) is 10.8 Å². The maximum Gasteiger partial charge on any atom is 0.270 e. The second-order valence-electron chi connectivity index (χ2n) is 4.22. The number of hydrogen-bond acceptors (Lipinski definition) is 3. The van der Waals surface area contributed by atoms with Gasteiger partial charge in [0.25, 0.3) is 11.6 Å². The van der Waals surface area contributed by atoms with Crippen molar-refractivity contribution in [3.8, 4) is 0 Å². The third-order valence-electron chi connectivity index (χ3n) is 2.76. The van der Waals surface area contributed by atoms with Crippen molar-refractivity contribution in [1.82, 2.24) is 0 Å². The van der Waals surface area contributed by atoms with Crippen LogP contribution in [-0.2, 0) is 0 Å². The first-order valence-corrected chi connectivity index (χ1v) is 6.87. The van der Waals surface area contributed by atoms with Crippen LogP contribution in [0.1, 0.15) is 15.9 Å². The van der Waals surface area contributed by atoms with E-state index in [4.69, 9.17) is 0 Å². The van der Waals surface area contributed by atoms with Crippen LogP contribution in [0.2, 0.25) is 0 Å². The second-order valence-corrected chi connectivity index (χ2v) is 5.47. The number of aryl methyl sites for hydroxylation is 1. The quantitative estimate of drug-likeness (QED) is 0.499. The molecule has 0 bridgehead atoms. The molecule has 6 heteroatoms. The van der Waals surface area contributed by atoms with E-state index in [1.54, 1.807) is 6.07 Å². The number of amides is 1. The Labute approximate surface area is 129 Å². The Bertz CT molecular complexity index is 686. The standard InChI is InChI=1S/C14H11IN2O3/c1-9-7-11(15)5-6-13(9)16-14(18)10-3-2-4-12(8-10)17(19)20/h2-8H,1H3,(H,16,18). The minimum absolute atomic E-state index is 0.100. The van der Waals surface area contributed by atoms with Crippen LogP contribution in [0.3, 0.4) is 0 Å². The van der Waals surface area contributed by atoms with Gasteiger partial charge in [0.1, 0.15) is 0 Å². The Morgan fingerprint density at radius 2 is 2.00 bits per heavy atom. The number of nitro groups is 1. The summed E-state index contributed by atoms with van der Waals surface area (Å²) < 4.78 is 1.08. The molecule has 102 valence electrons. The number of anilines is 1. The molecule has 5 nitrogen and oxygen atoms in total. The zero-order valence-electron chi connectivity index (χ0n) is 10.6. The molecule has 0 fully saturated rings. The molecule has 0 aliphatic rings. The zero-order chi connectivity index (χ0) is 14.7. The van der Waals surface area contributed by atoms with Crippen LogP contribution in [0.4, 0.5) is 11.4 Å². The highest BCUT2D eigenvalue weighted by molar-refractivity contribution is 14.1. The van der Waals surface area contributed by atoms with Gasteiger partial charge >= 0.3 is 0 Å². The highest BCUT2D eigenvalue weighted by Gasteiger charge is 2.12. The molecule has 2 rings (SSSR count). The molecule has 0 atom stereocenters. The van der Waals surface area contributed by atoms with Crippen molar-refractivity contribution in [2.24, 2.45) is 0 Å². The van der Waals surface area contributed by atoms with Crippen molar-refractivity contribution in [1.29, 1.82) is 0 Å². The highest BCUT2D eigenvalue weighted by Crippen LogP contribution is 2.19. The van der Waals surface area contributed by atoms with Gasteiger partial charge in [-0.1, -0.05) is 6.07 Å². The van der Waals surface area contributed by atoms with Gasteiger partial charge in [-0.15, -0.1) is 0 Å². The third-order valence-corrected chi connectivity index (χ3v) is 3.43. The number of nitrogens with zero attached hydrogens (tertiary/aromatic N) is 1. The van der Waals surface area contributed by atoms with E-state index in [2.05, 4.69) is 27.9 Å². The number of carbonyl (C=O) groups is 1. The number of rotatable bonds is 3. The molecule has 0 heterocycles. The van der Waals surface area contributed by atoms with Crippen molar-refractivity contribution in [3.63, 3.8) is 0 Å². The predicted octanol–water partition coefficient (Wildman–Crippen LogP) is 3.76. The topological polar surface area (TPSA) is 72.2 Å². The first-order chi connectivity index (χ1) is 9.47. The van der Waals surface area contributed by atoms with Gasteiger partial charge in [0.05, 0.1) is 4.92 Å². The van der Waals surface area contributed by atoms with Crippen molar-refractivity contribution >= 4 is 39.9 Å². The normalized spacial score (nSPS) is 10.1. The van der Waals surface area contributed by atoms with Crippen LogP contribution in [0.5, 0.6) is 0 Å². The van der Waals surface area contributed by atoms with Crippen molar-refractivity contribution in [2.45, 2.75) is 6.92 Å². The van der Waals surface area contributed by atoms with Crippen LogP contribution in [0.25, 0.3) is 0 Å². The lowest BCUT2D eigenvalue weighted by molar-refractivity contribution is -0.384. The molecule has 0 aromatic heterocycles. The fraction of sp³-hybridized carbons (Fsp3) is 0.0714. The Morgan fingerprint density at radius 1 is 1.25 bits per heavy atom. The summed E-state index contributed by atoms with van der Waals surface area (Å²) in [6.07, 6.45) is 0. The number of non-ortho nitro benzene ring substituents is 1. The lowest BCUT2D eigenvalue weighted by Gasteiger charge is -2.08. The van der Waals surface area contributed by atoms with Gasteiger partial charge in [-0.2, -0.15) is 0 Å². The monoisotopic (exact) mass is 382 g/mol. The molecule has 0 radical (unpaired) electrons. The van der Waals surface area contributed by atoms with E-state index < -0.39 is 4.92 Å². The average Bonchev–Trinajstić information content (AvgIpc) is 2.42. The first kappa shape index (κ1) is 14.4. The number of benzene rings is 2. The van der Waals surface area contributed by atoms with Crippen LogP contribution < -0.4 is 5.32 Å². The minimum atomic E-state index is -0.521. The third kappa shape index (κ3) is 3.32. The molecule has 2 aromatic rings. The van der Waals surface area contributed by atoms with E-state index in [1.807, 2.05) is 25.1 Å². The molecule has 0 aliphatic heterocycles. The Morgan fingerprint density at radius 3 is 2.65 bits per heavy atom. The van der Waals surface area contributed by atoms with Crippen LogP contribution in [0, 0.1) is 20.6 Å². The van der Waals surface area contributed by atoms with E-state index in [1.165, 1.54) is 18.2 Å². The molecule has 0 aliphatic carbocycles. The number of nitro benzene ring substituents is 1. The maximum atomic E-state index is 12.1. The Balaban J connectivity index is 2.24. The molecule has 0 spiro atoms. The van der Waals surface area contributed by atoms with Crippen molar-refractivity contribution < 1.29 is 9.72 Å². The van der Waals surface area contributed by atoms with Gasteiger partial charge in [0.15, 0.2) is 0 Å². The summed E-state index contributed by atoms with van der Waals surface area (Å²) in [4.78, 5) is 22.3. The number of nitrogens with one attached hydrogen (secondary N) is 1. The SMILES string of the molecule is Cc1cc(I)ccc1NC(=O)c1cccc([N+](=O)[O-])c1. The predicted molar refractivity (Wildman–Crippen MR) is 84.9 cm³/mol. The summed E-state index contributed by atoms with van der Waals surface area (Å²) >= 11 is 2.19. The summed E-state index contributed by atoms with van der Waals surface area (Å²) in [5, 5.41) is 13.5. The van der Waals surface area contributed by atoms with Gasteiger partial charge in [-0.05, 0) is 59.3 Å². The average molecular weight is 382 g/mol. The summed E-state index contributed by atoms with van der Waals surface area (Å²) in [6.45, 7) is 1.89. The summed E-state index contributed by atoms with van der Waals surface area (Å²) in [5.41, 5.74) is 1.80. The maximum absolute atomic E-state index is 12.1. The van der Waals surface area contributed by atoms with E-state index in [9.17, 15) is 14.9 Å². The summed E-state index contributed by atoms with van der Waals surface area (Å²) in [7, 11) is 0. The van der Waals surface area contributed by atoms with Crippen molar-refractivity contribution in [3.05, 3.63) is 67.3 Å². The van der Waals surface area contributed by atoms with Crippen LogP contribution >= 0.6 is 22.6 Å². The fourth-order valence-corrected chi connectivity index (χ4v) is 2.37. The van der Waals surface area contributed by atoms with Gasteiger partial charge in [0.2, 0.25) is 0 Å². The van der Waals surface area contributed by atoms with E-state index in [0.29, 0.717) is 5.69 Å². The smallest absolute Gasteiger partial charge is 0.270 e. The number of halogens is 1. The molecular weight excluding hydrogens is 371 g/mol. The highest BCUT2D eigenvalue weighted by atomic mass is 127. The van der Waals surface area contributed by atoms with E-state index >= 15 is 0 Å². The number of hydrogen-bond donors (Lipinski definition) is 1. The first-order valence-electron chi connectivity index (χ1n) is 5.79.